The second-order valence-electron chi connectivity index (χ2n) is 5.35. The molecule has 126 valence electrons. The molecule has 0 spiro atoms. The minimum atomic E-state index is -0.999. The summed E-state index contributed by atoms with van der Waals surface area (Å²) in [4.78, 5) is 19.7. The Labute approximate surface area is 153 Å². The summed E-state index contributed by atoms with van der Waals surface area (Å²) in [6.07, 6.45) is 1.42. The normalized spacial score (nSPS) is 10.3. The summed E-state index contributed by atoms with van der Waals surface area (Å²) in [5.41, 5.74) is 2.65. The van der Waals surface area contributed by atoms with Crippen molar-refractivity contribution >= 4 is 44.9 Å². The van der Waals surface area contributed by atoms with E-state index in [0.29, 0.717) is 17.3 Å². The first-order valence-corrected chi connectivity index (χ1v) is 8.27. The Bertz CT molecular complexity index is 930. The molecule has 0 bridgehead atoms. The molecule has 0 atom stereocenters. The van der Waals surface area contributed by atoms with Crippen LogP contribution in [0.15, 0.2) is 59.3 Å². The molecule has 0 amide bonds. The van der Waals surface area contributed by atoms with Gasteiger partial charge in [0.25, 0.3) is 0 Å². The third kappa shape index (κ3) is 4.13. The van der Waals surface area contributed by atoms with Crippen molar-refractivity contribution in [3.05, 3.63) is 70.5 Å². The average Bonchev–Trinajstić information content (AvgIpc) is 2.58. The van der Waals surface area contributed by atoms with E-state index in [1.54, 1.807) is 24.3 Å². The number of halogens is 1. The van der Waals surface area contributed by atoms with E-state index in [2.05, 4.69) is 36.5 Å². The molecule has 3 aromatic rings. The molecule has 25 heavy (non-hydrogen) atoms. The molecule has 0 saturated heterocycles. The largest absolute Gasteiger partial charge is 0.478 e. The summed E-state index contributed by atoms with van der Waals surface area (Å²) in [5, 5.41) is 15.5. The molecule has 0 fully saturated rings. The molecule has 0 unspecified atom stereocenters. The van der Waals surface area contributed by atoms with Crippen molar-refractivity contribution in [1.82, 2.24) is 9.97 Å². The standard InChI is InChI=1S/C18H15BrN4O2/c1-11-8-12(19)6-7-14(11)22-16-9-17(21-10-20-16)23-15-5-3-2-4-13(15)18(24)25/h2-10H,1H3,(H,24,25)(H2,20,21,22,23). The minimum Gasteiger partial charge on any atom is -0.478 e. The highest BCUT2D eigenvalue weighted by molar-refractivity contribution is 9.10. The van der Waals surface area contributed by atoms with Crippen LogP contribution in [0.2, 0.25) is 0 Å². The number of hydrogen-bond donors (Lipinski definition) is 3. The molecule has 1 heterocycles. The summed E-state index contributed by atoms with van der Waals surface area (Å²) in [6, 6.07) is 14.3. The highest BCUT2D eigenvalue weighted by atomic mass is 79.9. The van der Waals surface area contributed by atoms with Crippen molar-refractivity contribution in [1.29, 1.82) is 0 Å². The van der Waals surface area contributed by atoms with Gasteiger partial charge in [0.15, 0.2) is 0 Å². The maximum Gasteiger partial charge on any atom is 0.337 e. The first kappa shape index (κ1) is 16.9. The highest BCUT2D eigenvalue weighted by Gasteiger charge is 2.10. The maximum absolute atomic E-state index is 11.3. The van der Waals surface area contributed by atoms with Gasteiger partial charge >= 0.3 is 5.97 Å². The number of para-hydroxylation sites is 1. The number of carbonyl (C=O) groups is 1. The van der Waals surface area contributed by atoms with Crippen molar-refractivity contribution in [3.8, 4) is 0 Å². The Balaban J connectivity index is 1.84. The summed E-state index contributed by atoms with van der Waals surface area (Å²) in [7, 11) is 0. The lowest BCUT2D eigenvalue weighted by Crippen LogP contribution is -2.04. The van der Waals surface area contributed by atoms with Gasteiger partial charge in [-0.1, -0.05) is 28.1 Å². The van der Waals surface area contributed by atoms with Crippen LogP contribution in [0.5, 0.6) is 0 Å². The second kappa shape index (κ2) is 7.31. The van der Waals surface area contributed by atoms with Crippen LogP contribution in [0.4, 0.5) is 23.0 Å². The number of aromatic carboxylic acids is 1. The van der Waals surface area contributed by atoms with Crippen LogP contribution in [0.1, 0.15) is 15.9 Å². The number of benzene rings is 2. The number of aryl methyl sites for hydroxylation is 1. The van der Waals surface area contributed by atoms with Gasteiger partial charge in [0.1, 0.15) is 18.0 Å². The van der Waals surface area contributed by atoms with Gasteiger partial charge in [-0.3, -0.25) is 0 Å². The average molecular weight is 399 g/mol. The summed E-state index contributed by atoms with van der Waals surface area (Å²) >= 11 is 3.44. The molecular weight excluding hydrogens is 384 g/mol. The fourth-order valence-electron chi connectivity index (χ4n) is 2.32. The molecule has 0 radical (unpaired) electrons. The fourth-order valence-corrected chi connectivity index (χ4v) is 2.79. The number of aromatic nitrogens is 2. The van der Waals surface area contributed by atoms with Crippen LogP contribution in [0.25, 0.3) is 0 Å². The van der Waals surface area contributed by atoms with Gasteiger partial charge in [-0.15, -0.1) is 0 Å². The van der Waals surface area contributed by atoms with E-state index in [1.165, 1.54) is 12.4 Å². The number of carboxylic acid groups (broad SMARTS) is 1. The molecule has 0 aliphatic carbocycles. The Morgan fingerprint density at radius 2 is 1.68 bits per heavy atom. The minimum absolute atomic E-state index is 0.180. The smallest absolute Gasteiger partial charge is 0.337 e. The zero-order chi connectivity index (χ0) is 17.8. The predicted octanol–water partition coefficient (Wildman–Crippen LogP) is 4.73. The Morgan fingerprint density at radius 1 is 1.00 bits per heavy atom. The lowest BCUT2D eigenvalue weighted by molar-refractivity contribution is 0.0698. The van der Waals surface area contributed by atoms with E-state index in [0.717, 1.165) is 15.7 Å². The molecule has 0 aliphatic heterocycles. The Morgan fingerprint density at radius 3 is 2.36 bits per heavy atom. The number of nitrogens with one attached hydrogen (secondary N) is 2. The van der Waals surface area contributed by atoms with Crippen molar-refractivity contribution in [2.45, 2.75) is 6.92 Å². The topological polar surface area (TPSA) is 87.1 Å². The SMILES string of the molecule is Cc1cc(Br)ccc1Nc1cc(Nc2ccccc2C(=O)O)ncn1. The zero-order valence-electron chi connectivity index (χ0n) is 13.3. The lowest BCUT2D eigenvalue weighted by Gasteiger charge is -2.12. The third-order valence-corrected chi connectivity index (χ3v) is 4.03. The summed E-state index contributed by atoms with van der Waals surface area (Å²) < 4.78 is 1.01. The van der Waals surface area contributed by atoms with E-state index in [9.17, 15) is 9.90 Å². The van der Waals surface area contributed by atoms with Crippen LogP contribution in [-0.2, 0) is 0 Å². The third-order valence-electron chi connectivity index (χ3n) is 3.54. The predicted molar refractivity (Wildman–Crippen MR) is 101 cm³/mol. The van der Waals surface area contributed by atoms with Crippen molar-refractivity contribution in [2.75, 3.05) is 10.6 Å². The van der Waals surface area contributed by atoms with Gasteiger partial charge in [-0.05, 0) is 42.8 Å². The number of hydrogen-bond acceptors (Lipinski definition) is 5. The van der Waals surface area contributed by atoms with E-state index in [4.69, 9.17) is 0 Å². The quantitative estimate of drug-likeness (QED) is 0.575. The summed E-state index contributed by atoms with van der Waals surface area (Å²) in [6.45, 7) is 2.00. The van der Waals surface area contributed by atoms with Crippen molar-refractivity contribution < 1.29 is 9.90 Å². The van der Waals surface area contributed by atoms with Gasteiger partial charge in [-0.2, -0.15) is 0 Å². The van der Waals surface area contributed by atoms with E-state index < -0.39 is 5.97 Å². The summed E-state index contributed by atoms with van der Waals surface area (Å²) in [5.74, 6) is 0.109. The molecule has 3 N–H and O–H groups in total. The molecule has 3 rings (SSSR count). The number of rotatable bonds is 5. The van der Waals surface area contributed by atoms with Crippen LogP contribution in [-0.4, -0.2) is 21.0 Å². The first-order valence-electron chi connectivity index (χ1n) is 7.47. The second-order valence-corrected chi connectivity index (χ2v) is 6.26. The molecule has 6 nitrogen and oxygen atoms in total. The number of carboxylic acids is 1. The van der Waals surface area contributed by atoms with Crippen LogP contribution in [0, 0.1) is 6.92 Å². The molecule has 7 heteroatoms. The van der Waals surface area contributed by atoms with Crippen LogP contribution >= 0.6 is 15.9 Å². The van der Waals surface area contributed by atoms with E-state index >= 15 is 0 Å². The van der Waals surface area contributed by atoms with Crippen molar-refractivity contribution in [3.63, 3.8) is 0 Å². The molecule has 1 aromatic heterocycles. The molecule has 2 aromatic carbocycles. The molecular formula is C18H15BrN4O2. The van der Waals surface area contributed by atoms with Gasteiger partial charge < -0.3 is 15.7 Å². The fraction of sp³-hybridized carbons (Fsp3) is 0.0556. The number of nitrogens with zero attached hydrogens (tertiary/aromatic N) is 2. The van der Waals surface area contributed by atoms with Gasteiger partial charge in [0.05, 0.1) is 11.3 Å². The molecule has 0 saturated carbocycles. The van der Waals surface area contributed by atoms with Crippen LogP contribution < -0.4 is 10.6 Å². The maximum atomic E-state index is 11.3. The highest BCUT2D eigenvalue weighted by Crippen LogP contribution is 2.25. The molecule has 0 aliphatic rings. The Kier molecular flexibility index (Phi) is 4.95. The van der Waals surface area contributed by atoms with Gasteiger partial charge in [0.2, 0.25) is 0 Å². The van der Waals surface area contributed by atoms with Gasteiger partial charge in [0, 0.05) is 16.2 Å². The first-order chi connectivity index (χ1) is 12.0. The Hall–Kier alpha value is -2.93. The van der Waals surface area contributed by atoms with E-state index in [-0.39, 0.29) is 5.56 Å². The van der Waals surface area contributed by atoms with Crippen molar-refractivity contribution in [2.24, 2.45) is 0 Å². The van der Waals surface area contributed by atoms with E-state index in [1.807, 2.05) is 25.1 Å². The zero-order valence-corrected chi connectivity index (χ0v) is 14.9. The van der Waals surface area contributed by atoms with Gasteiger partial charge in [-0.25, -0.2) is 14.8 Å². The lowest BCUT2D eigenvalue weighted by atomic mass is 10.2. The van der Waals surface area contributed by atoms with Crippen LogP contribution in [0.3, 0.4) is 0 Å². The monoisotopic (exact) mass is 398 g/mol. The number of anilines is 4.